The summed E-state index contributed by atoms with van der Waals surface area (Å²) in [7, 11) is 0. The van der Waals surface area contributed by atoms with Gasteiger partial charge in [0.25, 0.3) is 0 Å². The molecule has 1 aliphatic rings. The van der Waals surface area contributed by atoms with Crippen LogP contribution in [0.4, 0.5) is 0 Å². The summed E-state index contributed by atoms with van der Waals surface area (Å²) in [5, 5.41) is 0. The quantitative estimate of drug-likeness (QED) is 0.607. The van der Waals surface area contributed by atoms with Crippen LogP contribution in [0.3, 0.4) is 0 Å². The van der Waals surface area contributed by atoms with Gasteiger partial charge in [0, 0.05) is 12.3 Å². The van der Waals surface area contributed by atoms with E-state index in [1.807, 2.05) is 13.0 Å². The highest BCUT2D eigenvalue weighted by molar-refractivity contribution is 5.44. The van der Waals surface area contributed by atoms with E-state index in [2.05, 4.69) is 4.98 Å². The van der Waals surface area contributed by atoms with Crippen molar-refractivity contribution in [2.75, 3.05) is 6.79 Å². The lowest BCUT2D eigenvalue weighted by Gasteiger charge is -1.99. The van der Waals surface area contributed by atoms with Gasteiger partial charge in [-0.3, -0.25) is 4.98 Å². The van der Waals surface area contributed by atoms with Gasteiger partial charge in [-0.25, -0.2) is 0 Å². The maximum Gasteiger partial charge on any atom is 0.231 e. The molecular weight excluding hydrogens is 142 g/mol. The van der Waals surface area contributed by atoms with Crippen LogP contribution in [0.2, 0.25) is 0 Å². The maximum absolute atomic E-state index is 5.24. The SMILES string of the molecule is CCc1nccc2c1OCO2. The Balaban J connectivity index is 2.50. The molecule has 0 aromatic carbocycles. The van der Waals surface area contributed by atoms with Crippen LogP contribution in [0, 0.1) is 0 Å². The summed E-state index contributed by atoms with van der Waals surface area (Å²) in [6.45, 7) is 2.37. The first kappa shape index (κ1) is 6.46. The number of nitrogens with zero attached hydrogens (tertiary/aromatic N) is 1. The monoisotopic (exact) mass is 151 g/mol. The van der Waals surface area contributed by atoms with Gasteiger partial charge in [-0.15, -0.1) is 0 Å². The number of hydrogen-bond acceptors (Lipinski definition) is 3. The fourth-order valence-electron chi connectivity index (χ4n) is 1.14. The average Bonchev–Trinajstić information content (AvgIpc) is 2.50. The van der Waals surface area contributed by atoms with E-state index in [0.717, 1.165) is 23.6 Å². The van der Waals surface area contributed by atoms with Crippen molar-refractivity contribution in [1.82, 2.24) is 4.98 Å². The Morgan fingerprint density at radius 1 is 1.55 bits per heavy atom. The molecule has 1 aromatic heterocycles. The van der Waals surface area contributed by atoms with Gasteiger partial charge in [-0.1, -0.05) is 6.92 Å². The first-order chi connectivity index (χ1) is 5.42. The molecule has 0 aliphatic carbocycles. The van der Waals surface area contributed by atoms with E-state index < -0.39 is 0 Å². The molecule has 0 atom stereocenters. The normalized spacial score (nSPS) is 13.5. The van der Waals surface area contributed by atoms with Crippen molar-refractivity contribution in [3.05, 3.63) is 18.0 Å². The second kappa shape index (κ2) is 2.42. The molecule has 58 valence electrons. The third-order valence-electron chi connectivity index (χ3n) is 1.69. The van der Waals surface area contributed by atoms with Crippen molar-refractivity contribution in [1.29, 1.82) is 0 Å². The van der Waals surface area contributed by atoms with Gasteiger partial charge < -0.3 is 9.47 Å². The van der Waals surface area contributed by atoms with Crippen LogP contribution in [0.1, 0.15) is 12.6 Å². The Bertz CT molecular complexity index is 273. The predicted molar refractivity (Wildman–Crippen MR) is 39.7 cm³/mol. The van der Waals surface area contributed by atoms with Gasteiger partial charge >= 0.3 is 0 Å². The van der Waals surface area contributed by atoms with Gasteiger partial charge in [-0.05, 0) is 6.42 Å². The van der Waals surface area contributed by atoms with Gasteiger partial charge in [0.2, 0.25) is 6.79 Å². The third kappa shape index (κ3) is 0.926. The van der Waals surface area contributed by atoms with E-state index in [-0.39, 0.29) is 0 Å². The van der Waals surface area contributed by atoms with E-state index in [0.29, 0.717) is 6.79 Å². The van der Waals surface area contributed by atoms with Crippen LogP contribution in [-0.2, 0) is 6.42 Å². The highest BCUT2D eigenvalue weighted by atomic mass is 16.7. The molecule has 0 fully saturated rings. The number of rotatable bonds is 1. The van der Waals surface area contributed by atoms with Crippen LogP contribution >= 0.6 is 0 Å². The highest BCUT2D eigenvalue weighted by Crippen LogP contribution is 2.33. The molecule has 0 radical (unpaired) electrons. The van der Waals surface area contributed by atoms with Crippen molar-refractivity contribution >= 4 is 0 Å². The summed E-state index contributed by atoms with van der Waals surface area (Å²) < 4.78 is 10.4. The van der Waals surface area contributed by atoms with Crippen LogP contribution < -0.4 is 9.47 Å². The molecule has 0 amide bonds. The zero-order valence-electron chi connectivity index (χ0n) is 6.33. The molecule has 2 rings (SSSR count). The predicted octanol–water partition coefficient (Wildman–Crippen LogP) is 1.37. The number of fused-ring (bicyclic) bond motifs is 1. The molecular formula is C8H9NO2. The Kier molecular flexibility index (Phi) is 1.42. The van der Waals surface area contributed by atoms with Gasteiger partial charge in [0.05, 0.1) is 5.69 Å². The lowest BCUT2D eigenvalue weighted by molar-refractivity contribution is 0.173. The fourth-order valence-corrected chi connectivity index (χ4v) is 1.14. The second-order valence-corrected chi connectivity index (χ2v) is 2.34. The van der Waals surface area contributed by atoms with Crippen molar-refractivity contribution < 1.29 is 9.47 Å². The smallest absolute Gasteiger partial charge is 0.231 e. The molecule has 2 heterocycles. The fraction of sp³-hybridized carbons (Fsp3) is 0.375. The van der Waals surface area contributed by atoms with E-state index in [9.17, 15) is 0 Å². The number of aromatic nitrogens is 1. The Labute approximate surface area is 65.0 Å². The van der Waals surface area contributed by atoms with Crippen LogP contribution in [0.25, 0.3) is 0 Å². The Hall–Kier alpha value is -1.25. The lowest BCUT2D eigenvalue weighted by atomic mass is 10.2. The molecule has 11 heavy (non-hydrogen) atoms. The van der Waals surface area contributed by atoms with Gasteiger partial charge in [0.15, 0.2) is 11.5 Å². The van der Waals surface area contributed by atoms with E-state index in [1.165, 1.54) is 0 Å². The molecule has 3 heteroatoms. The first-order valence-electron chi connectivity index (χ1n) is 3.65. The van der Waals surface area contributed by atoms with Crippen molar-refractivity contribution in [3.63, 3.8) is 0 Å². The number of aryl methyl sites for hydroxylation is 1. The molecule has 0 spiro atoms. The maximum atomic E-state index is 5.24. The Morgan fingerprint density at radius 2 is 2.45 bits per heavy atom. The van der Waals surface area contributed by atoms with E-state index in [4.69, 9.17) is 9.47 Å². The zero-order valence-corrected chi connectivity index (χ0v) is 6.33. The second-order valence-electron chi connectivity index (χ2n) is 2.34. The molecule has 0 unspecified atom stereocenters. The van der Waals surface area contributed by atoms with Crippen LogP contribution in [-0.4, -0.2) is 11.8 Å². The van der Waals surface area contributed by atoms with Gasteiger partial charge in [-0.2, -0.15) is 0 Å². The largest absolute Gasteiger partial charge is 0.453 e. The standard InChI is InChI=1S/C8H9NO2/c1-2-6-8-7(3-4-9-6)10-5-11-8/h3-4H,2,5H2,1H3. The first-order valence-corrected chi connectivity index (χ1v) is 3.65. The highest BCUT2D eigenvalue weighted by Gasteiger charge is 2.16. The van der Waals surface area contributed by atoms with Crippen molar-refractivity contribution in [2.24, 2.45) is 0 Å². The minimum absolute atomic E-state index is 0.327. The molecule has 1 aliphatic heterocycles. The summed E-state index contributed by atoms with van der Waals surface area (Å²) in [5.74, 6) is 1.63. The number of pyridine rings is 1. The topological polar surface area (TPSA) is 31.4 Å². The van der Waals surface area contributed by atoms with E-state index >= 15 is 0 Å². The molecule has 0 saturated heterocycles. The zero-order chi connectivity index (χ0) is 7.68. The van der Waals surface area contributed by atoms with E-state index in [1.54, 1.807) is 6.20 Å². The summed E-state index contributed by atoms with van der Waals surface area (Å²) >= 11 is 0. The van der Waals surface area contributed by atoms with Crippen LogP contribution in [0.15, 0.2) is 12.3 Å². The average molecular weight is 151 g/mol. The minimum atomic E-state index is 0.327. The molecule has 3 nitrogen and oxygen atoms in total. The van der Waals surface area contributed by atoms with Crippen molar-refractivity contribution in [2.45, 2.75) is 13.3 Å². The van der Waals surface area contributed by atoms with Crippen LogP contribution in [0.5, 0.6) is 11.5 Å². The molecule has 0 bridgehead atoms. The Morgan fingerprint density at radius 3 is 3.27 bits per heavy atom. The summed E-state index contributed by atoms with van der Waals surface area (Å²) in [6, 6.07) is 1.82. The summed E-state index contributed by atoms with van der Waals surface area (Å²) in [4.78, 5) is 4.16. The van der Waals surface area contributed by atoms with Crippen molar-refractivity contribution in [3.8, 4) is 11.5 Å². The molecule has 1 aromatic rings. The van der Waals surface area contributed by atoms with Gasteiger partial charge in [0.1, 0.15) is 0 Å². The molecule has 0 saturated carbocycles. The molecule has 0 N–H and O–H groups in total. The minimum Gasteiger partial charge on any atom is -0.453 e. The lowest BCUT2D eigenvalue weighted by Crippen LogP contribution is -1.94. The summed E-state index contributed by atoms with van der Waals surface area (Å²) in [6.07, 6.45) is 2.62. The third-order valence-corrected chi connectivity index (χ3v) is 1.69. The number of ether oxygens (including phenoxy) is 2. The summed E-state index contributed by atoms with van der Waals surface area (Å²) in [5.41, 5.74) is 0.972. The number of hydrogen-bond donors (Lipinski definition) is 0.